The van der Waals surface area contributed by atoms with Crippen molar-refractivity contribution in [1.82, 2.24) is 0 Å². The van der Waals surface area contributed by atoms with E-state index in [9.17, 15) is 10.1 Å². The van der Waals surface area contributed by atoms with Gasteiger partial charge in [-0.25, -0.2) is 0 Å². The van der Waals surface area contributed by atoms with Gasteiger partial charge in [0.05, 0.1) is 12.0 Å². The number of rotatable bonds is 4. The van der Waals surface area contributed by atoms with Gasteiger partial charge in [-0.15, -0.1) is 0 Å². The molecule has 0 bridgehead atoms. The van der Waals surface area contributed by atoms with E-state index in [4.69, 9.17) is 11.6 Å². The van der Waals surface area contributed by atoms with Crippen LogP contribution in [0.2, 0.25) is 5.02 Å². The Kier molecular flexibility index (Phi) is 4.74. The molecule has 3 rings (SSSR count). The van der Waals surface area contributed by atoms with Crippen LogP contribution in [0.3, 0.4) is 0 Å². The second kappa shape index (κ2) is 7.12. The van der Waals surface area contributed by atoms with Gasteiger partial charge in [0, 0.05) is 16.1 Å². The number of carbonyl (C=O) groups is 1. The summed E-state index contributed by atoms with van der Waals surface area (Å²) < 4.78 is 0. The number of nitriles is 1. The molecule has 0 aliphatic heterocycles. The van der Waals surface area contributed by atoms with Gasteiger partial charge >= 0.3 is 0 Å². The van der Waals surface area contributed by atoms with Gasteiger partial charge in [-0.1, -0.05) is 78.3 Å². The molecule has 0 amide bonds. The fourth-order valence-corrected chi connectivity index (χ4v) is 2.71. The van der Waals surface area contributed by atoms with Crippen molar-refractivity contribution >= 4 is 17.4 Å². The van der Waals surface area contributed by atoms with Crippen LogP contribution in [0.4, 0.5) is 0 Å². The summed E-state index contributed by atoms with van der Waals surface area (Å²) in [4.78, 5) is 12.4. The highest BCUT2D eigenvalue weighted by Crippen LogP contribution is 2.26. The molecule has 24 heavy (non-hydrogen) atoms. The molecule has 0 spiro atoms. The minimum Gasteiger partial charge on any atom is -0.289 e. The molecule has 2 nitrogen and oxygen atoms in total. The Labute approximate surface area is 145 Å². The Morgan fingerprint density at radius 3 is 1.83 bits per heavy atom. The maximum atomic E-state index is 12.4. The fraction of sp³-hybridized carbons (Fsp3) is 0.0476. The Bertz CT molecular complexity index is 878. The van der Waals surface area contributed by atoms with Gasteiger partial charge in [-0.2, -0.15) is 5.26 Å². The molecule has 0 saturated carbocycles. The van der Waals surface area contributed by atoms with Crippen LogP contribution in [0.1, 0.15) is 33.0 Å². The molecule has 0 aliphatic rings. The van der Waals surface area contributed by atoms with Gasteiger partial charge in [0.1, 0.15) is 0 Å². The number of hydrogen-bond donors (Lipinski definition) is 0. The second-order valence-corrected chi connectivity index (χ2v) is 5.87. The predicted octanol–water partition coefficient (Wildman–Crippen LogP) is 5.23. The van der Waals surface area contributed by atoms with Gasteiger partial charge in [-0.05, 0) is 23.3 Å². The van der Waals surface area contributed by atoms with Crippen LogP contribution in [-0.2, 0) is 0 Å². The third-order valence-electron chi connectivity index (χ3n) is 3.87. The first-order valence-corrected chi connectivity index (χ1v) is 7.91. The molecule has 0 aliphatic carbocycles. The fourth-order valence-electron chi connectivity index (χ4n) is 2.58. The van der Waals surface area contributed by atoms with E-state index in [1.54, 1.807) is 36.4 Å². The third kappa shape index (κ3) is 3.37. The molecule has 3 aromatic carbocycles. The van der Waals surface area contributed by atoms with Crippen molar-refractivity contribution in [3.05, 3.63) is 106 Å². The maximum absolute atomic E-state index is 12.4. The van der Waals surface area contributed by atoms with Crippen molar-refractivity contribution in [3.63, 3.8) is 0 Å². The summed E-state index contributed by atoms with van der Waals surface area (Å²) in [7, 11) is 0. The molecule has 0 heterocycles. The van der Waals surface area contributed by atoms with Crippen LogP contribution in [0.15, 0.2) is 78.9 Å². The summed E-state index contributed by atoms with van der Waals surface area (Å²) in [6.45, 7) is 0. The SMILES string of the molecule is N#C[C@@H](c1ccc(Cl)cc1)c1ccc(C(=O)c2ccccc2)cc1. The highest BCUT2D eigenvalue weighted by molar-refractivity contribution is 6.30. The molecular formula is C21H14ClNO. The average Bonchev–Trinajstić information content (AvgIpc) is 2.64. The molecule has 0 fully saturated rings. The van der Waals surface area contributed by atoms with Crippen LogP contribution in [0.5, 0.6) is 0 Å². The first-order valence-electron chi connectivity index (χ1n) is 7.54. The largest absolute Gasteiger partial charge is 0.289 e. The number of halogens is 1. The topological polar surface area (TPSA) is 40.9 Å². The standard InChI is InChI=1S/C21H14ClNO/c22-19-12-10-16(11-13-19)20(14-23)15-6-8-18(9-7-15)21(24)17-4-2-1-3-5-17/h1-13,20H/t20-/m1/s1. The molecule has 0 aromatic heterocycles. The Hall–Kier alpha value is -2.89. The molecule has 116 valence electrons. The monoisotopic (exact) mass is 331 g/mol. The van der Waals surface area contributed by atoms with Gasteiger partial charge in [0.25, 0.3) is 0 Å². The molecule has 3 aromatic rings. The Morgan fingerprint density at radius 2 is 1.29 bits per heavy atom. The molecule has 3 heteroatoms. The van der Waals surface area contributed by atoms with Gasteiger partial charge < -0.3 is 0 Å². The van der Waals surface area contributed by atoms with Gasteiger partial charge in [-0.3, -0.25) is 4.79 Å². The van der Waals surface area contributed by atoms with Crippen LogP contribution in [-0.4, -0.2) is 5.78 Å². The predicted molar refractivity (Wildman–Crippen MR) is 95.2 cm³/mol. The lowest BCUT2D eigenvalue weighted by Crippen LogP contribution is -2.03. The van der Waals surface area contributed by atoms with Crippen molar-refractivity contribution in [2.45, 2.75) is 5.92 Å². The van der Waals surface area contributed by atoms with Crippen molar-refractivity contribution in [2.24, 2.45) is 0 Å². The lowest BCUT2D eigenvalue weighted by Gasteiger charge is -2.11. The summed E-state index contributed by atoms with van der Waals surface area (Å²) in [5.41, 5.74) is 2.99. The summed E-state index contributed by atoms with van der Waals surface area (Å²) in [6.07, 6.45) is 0. The minimum atomic E-state index is -0.386. The Balaban J connectivity index is 1.87. The van der Waals surface area contributed by atoms with E-state index in [2.05, 4.69) is 6.07 Å². The highest BCUT2D eigenvalue weighted by Gasteiger charge is 2.15. The van der Waals surface area contributed by atoms with E-state index in [1.807, 2.05) is 42.5 Å². The second-order valence-electron chi connectivity index (χ2n) is 5.43. The zero-order valence-corrected chi connectivity index (χ0v) is 13.6. The van der Waals surface area contributed by atoms with Crippen molar-refractivity contribution in [3.8, 4) is 6.07 Å². The zero-order valence-electron chi connectivity index (χ0n) is 12.8. The number of benzene rings is 3. The van der Waals surface area contributed by atoms with Crippen LogP contribution >= 0.6 is 11.6 Å². The lowest BCUT2D eigenvalue weighted by atomic mass is 9.91. The van der Waals surface area contributed by atoms with E-state index in [0.717, 1.165) is 11.1 Å². The number of hydrogen-bond acceptors (Lipinski definition) is 2. The summed E-state index contributed by atoms with van der Waals surface area (Å²) in [6, 6.07) is 25.9. The van der Waals surface area contributed by atoms with E-state index in [1.165, 1.54) is 0 Å². The van der Waals surface area contributed by atoms with Crippen LogP contribution < -0.4 is 0 Å². The van der Waals surface area contributed by atoms with Crippen molar-refractivity contribution in [1.29, 1.82) is 5.26 Å². The Morgan fingerprint density at radius 1 is 0.792 bits per heavy atom. The number of ketones is 1. The van der Waals surface area contributed by atoms with Crippen molar-refractivity contribution in [2.75, 3.05) is 0 Å². The minimum absolute atomic E-state index is 0.0258. The molecular weight excluding hydrogens is 318 g/mol. The highest BCUT2D eigenvalue weighted by atomic mass is 35.5. The molecule has 0 N–H and O–H groups in total. The first-order chi connectivity index (χ1) is 11.7. The maximum Gasteiger partial charge on any atom is 0.193 e. The summed E-state index contributed by atoms with van der Waals surface area (Å²) in [5, 5.41) is 10.1. The summed E-state index contributed by atoms with van der Waals surface area (Å²) in [5.74, 6) is -0.412. The van der Waals surface area contributed by atoms with Crippen LogP contribution in [0.25, 0.3) is 0 Å². The number of carbonyl (C=O) groups excluding carboxylic acids is 1. The summed E-state index contributed by atoms with van der Waals surface area (Å²) >= 11 is 5.90. The average molecular weight is 332 g/mol. The first kappa shape index (κ1) is 16.0. The van der Waals surface area contributed by atoms with E-state index < -0.39 is 0 Å². The molecule has 0 unspecified atom stereocenters. The van der Waals surface area contributed by atoms with Crippen molar-refractivity contribution < 1.29 is 4.79 Å². The van der Waals surface area contributed by atoms with E-state index >= 15 is 0 Å². The van der Waals surface area contributed by atoms with E-state index in [-0.39, 0.29) is 11.7 Å². The van der Waals surface area contributed by atoms with E-state index in [0.29, 0.717) is 16.1 Å². The smallest absolute Gasteiger partial charge is 0.193 e. The third-order valence-corrected chi connectivity index (χ3v) is 4.13. The quantitative estimate of drug-likeness (QED) is 0.614. The normalized spacial score (nSPS) is 11.5. The number of nitrogens with zero attached hydrogens (tertiary/aromatic N) is 1. The molecule has 0 saturated heterocycles. The van der Waals surface area contributed by atoms with Gasteiger partial charge in [0.15, 0.2) is 5.78 Å². The lowest BCUT2D eigenvalue weighted by molar-refractivity contribution is 0.103. The van der Waals surface area contributed by atoms with Gasteiger partial charge in [0.2, 0.25) is 0 Å². The molecule has 0 radical (unpaired) electrons. The van der Waals surface area contributed by atoms with Crippen LogP contribution in [0, 0.1) is 11.3 Å². The zero-order chi connectivity index (χ0) is 16.9. The molecule has 1 atom stereocenters.